The number of carbonyl (C=O) groups is 1. The SMILES string of the molecule is CCNC(=O)CCNc1cccc(NCC)n1. The molecule has 3 N–H and O–H groups in total. The Kier molecular flexibility index (Phi) is 5.85. The zero-order chi connectivity index (χ0) is 12.5. The normalized spacial score (nSPS) is 9.76. The summed E-state index contributed by atoms with van der Waals surface area (Å²) >= 11 is 0. The van der Waals surface area contributed by atoms with E-state index in [-0.39, 0.29) is 5.91 Å². The van der Waals surface area contributed by atoms with Crippen LogP contribution in [-0.4, -0.2) is 30.5 Å². The molecule has 0 fully saturated rings. The Balaban J connectivity index is 2.35. The molecule has 1 aromatic heterocycles. The van der Waals surface area contributed by atoms with Gasteiger partial charge in [-0.15, -0.1) is 0 Å². The highest BCUT2D eigenvalue weighted by atomic mass is 16.1. The Morgan fingerprint density at radius 1 is 1.18 bits per heavy atom. The van der Waals surface area contributed by atoms with Crippen molar-refractivity contribution < 1.29 is 4.79 Å². The number of hydrogen-bond acceptors (Lipinski definition) is 4. The lowest BCUT2D eigenvalue weighted by Gasteiger charge is -2.07. The van der Waals surface area contributed by atoms with E-state index >= 15 is 0 Å². The van der Waals surface area contributed by atoms with Gasteiger partial charge in [0, 0.05) is 26.1 Å². The van der Waals surface area contributed by atoms with Crippen molar-refractivity contribution in [2.75, 3.05) is 30.3 Å². The second kappa shape index (κ2) is 7.49. The number of nitrogens with one attached hydrogen (secondary N) is 3. The molecule has 1 heterocycles. The lowest BCUT2D eigenvalue weighted by Crippen LogP contribution is -2.24. The molecule has 0 saturated heterocycles. The molecule has 1 amide bonds. The zero-order valence-electron chi connectivity index (χ0n) is 10.4. The molecule has 0 atom stereocenters. The average Bonchev–Trinajstić information content (AvgIpc) is 2.30. The first-order chi connectivity index (χ1) is 8.26. The minimum absolute atomic E-state index is 0.0582. The first-order valence-corrected chi connectivity index (χ1v) is 5.97. The van der Waals surface area contributed by atoms with E-state index < -0.39 is 0 Å². The number of carbonyl (C=O) groups excluding carboxylic acids is 1. The summed E-state index contributed by atoms with van der Waals surface area (Å²) in [4.78, 5) is 15.6. The van der Waals surface area contributed by atoms with Crippen LogP contribution in [0.2, 0.25) is 0 Å². The van der Waals surface area contributed by atoms with E-state index in [2.05, 4.69) is 20.9 Å². The minimum Gasteiger partial charge on any atom is -0.370 e. The Hall–Kier alpha value is -1.78. The second-order valence-electron chi connectivity index (χ2n) is 3.57. The van der Waals surface area contributed by atoms with Crippen molar-refractivity contribution in [3.63, 3.8) is 0 Å². The highest BCUT2D eigenvalue weighted by Gasteiger charge is 2.00. The third-order valence-corrected chi connectivity index (χ3v) is 2.14. The van der Waals surface area contributed by atoms with Gasteiger partial charge in [0.25, 0.3) is 0 Å². The standard InChI is InChI=1S/C12H20N4O/c1-3-13-10-6-5-7-11(16-10)15-9-8-12(17)14-4-2/h5-7H,3-4,8-9H2,1-2H3,(H,14,17)(H2,13,15,16). The first kappa shape index (κ1) is 13.3. The number of nitrogens with zero attached hydrogens (tertiary/aromatic N) is 1. The van der Waals surface area contributed by atoms with Crippen LogP contribution in [0.15, 0.2) is 18.2 Å². The fourth-order valence-corrected chi connectivity index (χ4v) is 1.40. The van der Waals surface area contributed by atoms with Gasteiger partial charge in [0.2, 0.25) is 5.91 Å². The third kappa shape index (κ3) is 5.19. The first-order valence-electron chi connectivity index (χ1n) is 5.97. The van der Waals surface area contributed by atoms with Gasteiger partial charge in [0.05, 0.1) is 0 Å². The van der Waals surface area contributed by atoms with Gasteiger partial charge in [-0.05, 0) is 26.0 Å². The largest absolute Gasteiger partial charge is 0.370 e. The van der Waals surface area contributed by atoms with Crippen LogP contribution in [0, 0.1) is 0 Å². The summed E-state index contributed by atoms with van der Waals surface area (Å²) in [5, 5.41) is 9.01. The molecular weight excluding hydrogens is 216 g/mol. The predicted octanol–water partition coefficient (Wildman–Crippen LogP) is 1.45. The fourth-order valence-electron chi connectivity index (χ4n) is 1.40. The molecular formula is C12H20N4O. The van der Waals surface area contributed by atoms with E-state index in [1.165, 1.54) is 0 Å². The molecule has 0 radical (unpaired) electrons. The molecule has 17 heavy (non-hydrogen) atoms. The van der Waals surface area contributed by atoms with E-state index in [0.717, 1.165) is 18.2 Å². The number of anilines is 2. The van der Waals surface area contributed by atoms with Gasteiger partial charge in [0.1, 0.15) is 11.6 Å². The lowest BCUT2D eigenvalue weighted by atomic mass is 10.3. The van der Waals surface area contributed by atoms with Gasteiger partial charge in [-0.2, -0.15) is 0 Å². The highest BCUT2D eigenvalue weighted by Crippen LogP contribution is 2.08. The van der Waals surface area contributed by atoms with Gasteiger partial charge in [-0.3, -0.25) is 4.79 Å². The van der Waals surface area contributed by atoms with Gasteiger partial charge in [0.15, 0.2) is 0 Å². The van der Waals surface area contributed by atoms with Crippen LogP contribution in [0.4, 0.5) is 11.6 Å². The molecule has 0 aliphatic heterocycles. The summed E-state index contributed by atoms with van der Waals surface area (Å²) in [6, 6.07) is 5.73. The molecule has 1 rings (SSSR count). The molecule has 94 valence electrons. The van der Waals surface area contributed by atoms with Crippen LogP contribution >= 0.6 is 0 Å². The number of aromatic nitrogens is 1. The summed E-state index contributed by atoms with van der Waals surface area (Å²) in [5.41, 5.74) is 0. The Labute approximate surface area is 102 Å². The molecule has 0 bridgehead atoms. The maximum Gasteiger partial charge on any atom is 0.221 e. The number of pyridine rings is 1. The molecule has 0 aromatic carbocycles. The highest BCUT2D eigenvalue weighted by molar-refractivity contribution is 5.76. The molecule has 5 nitrogen and oxygen atoms in total. The molecule has 0 saturated carbocycles. The summed E-state index contributed by atoms with van der Waals surface area (Å²) in [5.74, 6) is 1.69. The van der Waals surface area contributed by atoms with Crippen LogP contribution in [0.5, 0.6) is 0 Å². The maximum absolute atomic E-state index is 11.2. The number of amides is 1. The van der Waals surface area contributed by atoms with Gasteiger partial charge < -0.3 is 16.0 Å². The van der Waals surface area contributed by atoms with Crippen LogP contribution in [0.1, 0.15) is 20.3 Å². The van der Waals surface area contributed by atoms with E-state index in [9.17, 15) is 4.79 Å². The second-order valence-corrected chi connectivity index (χ2v) is 3.57. The number of hydrogen-bond donors (Lipinski definition) is 3. The molecule has 1 aromatic rings. The van der Waals surface area contributed by atoms with Crippen LogP contribution < -0.4 is 16.0 Å². The minimum atomic E-state index is 0.0582. The quantitative estimate of drug-likeness (QED) is 0.670. The fraction of sp³-hybridized carbons (Fsp3) is 0.500. The monoisotopic (exact) mass is 236 g/mol. The third-order valence-electron chi connectivity index (χ3n) is 2.14. The summed E-state index contributed by atoms with van der Waals surface area (Å²) < 4.78 is 0. The maximum atomic E-state index is 11.2. The molecule has 0 aliphatic rings. The molecule has 0 spiro atoms. The molecule has 0 aliphatic carbocycles. The van der Waals surface area contributed by atoms with Crippen LogP contribution in [0.25, 0.3) is 0 Å². The number of rotatable bonds is 7. The van der Waals surface area contributed by atoms with Gasteiger partial charge in [-0.25, -0.2) is 4.98 Å². The van der Waals surface area contributed by atoms with Crippen molar-refractivity contribution >= 4 is 17.5 Å². The smallest absolute Gasteiger partial charge is 0.221 e. The van der Waals surface area contributed by atoms with E-state index in [0.29, 0.717) is 19.5 Å². The van der Waals surface area contributed by atoms with Crippen molar-refractivity contribution in [3.05, 3.63) is 18.2 Å². The van der Waals surface area contributed by atoms with Crippen LogP contribution in [0.3, 0.4) is 0 Å². The van der Waals surface area contributed by atoms with Gasteiger partial charge >= 0.3 is 0 Å². The van der Waals surface area contributed by atoms with Crippen molar-refractivity contribution in [1.82, 2.24) is 10.3 Å². The summed E-state index contributed by atoms with van der Waals surface area (Å²) in [6.45, 7) is 6.04. The molecule has 5 heteroatoms. The predicted molar refractivity (Wildman–Crippen MR) is 70.2 cm³/mol. The van der Waals surface area contributed by atoms with Crippen molar-refractivity contribution in [1.29, 1.82) is 0 Å². The van der Waals surface area contributed by atoms with Crippen LogP contribution in [-0.2, 0) is 4.79 Å². The van der Waals surface area contributed by atoms with E-state index in [1.54, 1.807) is 0 Å². The lowest BCUT2D eigenvalue weighted by molar-refractivity contribution is -0.120. The Bertz CT molecular complexity index is 354. The Morgan fingerprint density at radius 2 is 1.88 bits per heavy atom. The van der Waals surface area contributed by atoms with E-state index in [4.69, 9.17) is 0 Å². The molecule has 0 unspecified atom stereocenters. The van der Waals surface area contributed by atoms with Crippen molar-refractivity contribution in [3.8, 4) is 0 Å². The van der Waals surface area contributed by atoms with Crippen molar-refractivity contribution in [2.24, 2.45) is 0 Å². The van der Waals surface area contributed by atoms with E-state index in [1.807, 2.05) is 32.0 Å². The van der Waals surface area contributed by atoms with Crippen molar-refractivity contribution in [2.45, 2.75) is 20.3 Å². The topological polar surface area (TPSA) is 66.1 Å². The van der Waals surface area contributed by atoms with Gasteiger partial charge in [-0.1, -0.05) is 6.07 Å². The average molecular weight is 236 g/mol. The summed E-state index contributed by atoms with van der Waals surface area (Å²) in [7, 11) is 0. The Morgan fingerprint density at radius 3 is 2.53 bits per heavy atom. The zero-order valence-corrected chi connectivity index (χ0v) is 10.4. The summed E-state index contributed by atoms with van der Waals surface area (Å²) in [6.07, 6.45) is 0.459.